The van der Waals surface area contributed by atoms with Gasteiger partial charge in [-0.15, -0.1) is 0 Å². The van der Waals surface area contributed by atoms with Crippen molar-refractivity contribution in [2.45, 2.75) is 6.10 Å². The van der Waals surface area contributed by atoms with Crippen molar-refractivity contribution in [2.24, 2.45) is 0 Å². The summed E-state index contributed by atoms with van der Waals surface area (Å²) >= 11 is 0. The van der Waals surface area contributed by atoms with Crippen LogP contribution < -0.4 is 15.1 Å². The molecule has 1 unspecified atom stereocenters. The Bertz CT molecular complexity index is 865. The van der Waals surface area contributed by atoms with Crippen molar-refractivity contribution in [3.05, 3.63) is 48.3 Å². The molecule has 1 aromatic heterocycles. The van der Waals surface area contributed by atoms with E-state index in [0.29, 0.717) is 31.1 Å². The lowest BCUT2D eigenvalue weighted by molar-refractivity contribution is -0.125. The van der Waals surface area contributed by atoms with Crippen molar-refractivity contribution in [1.29, 1.82) is 0 Å². The molecule has 9 heteroatoms. The molecule has 3 heterocycles. The number of morpholine rings is 1. The molecule has 2 aliphatic rings. The Hall–Kier alpha value is -3.33. The third-order valence-electron chi connectivity index (χ3n) is 4.67. The molecule has 2 saturated heterocycles. The number of hydrogen-bond acceptors (Lipinski definition) is 5. The van der Waals surface area contributed by atoms with Gasteiger partial charge in [0.15, 0.2) is 0 Å². The molecule has 3 amide bonds. The summed E-state index contributed by atoms with van der Waals surface area (Å²) in [5.41, 5.74) is 1.89. The lowest BCUT2D eigenvalue weighted by atomic mass is 10.2. The van der Waals surface area contributed by atoms with Gasteiger partial charge in [-0.2, -0.15) is 0 Å². The number of ether oxygens (including phenoxy) is 2. The maximum atomic E-state index is 12.2. The molecule has 9 nitrogen and oxygen atoms in total. The number of carbonyl (C=O) groups excluding carboxylic acids is 3. The first-order valence-electron chi connectivity index (χ1n) is 9.00. The van der Waals surface area contributed by atoms with Crippen LogP contribution in [-0.4, -0.2) is 61.8 Å². The highest BCUT2D eigenvalue weighted by Gasteiger charge is 2.32. The Morgan fingerprint density at radius 2 is 1.89 bits per heavy atom. The number of aromatic nitrogens is 1. The van der Waals surface area contributed by atoms with Crippen molar-refractivity contribution >= 4 is 29.3 Å². The second kappa shape index (κ2) is 7.73. The number of anilines is 2. The molecule has 2 aromatic rings. The number of benzene rings is 1. The van der Waals surface area contributed by atoms with Gasteiger partial charge in [0.1, 0.15) is 18.4 Å². The van der Waals surface area contributed by atoms with Crippen molar-refractivity contribution < 1.29 is 23.9 Å². The van der Waals surface area contributed by atoms with Gasteiger partial charge >= 0.3 is 6.09 Å². The van der Waals surface area contributed by atoms with E-state index >= 15 is 0 Å². The standard InChI is InChI=1S/C19H20N4O5/c24-17-12-27-9-8-22(17)13-3-5-14(6-4-13)23-11-15(28-19(23)26)10-21-18(25)16-2-1-7-20-16/h1-7,15,20H,8-12H2,(H,21,25). The van der Waals surface area contributed by atoms with Crippen LogP contribution in [0.15, 0.2) is 42.6 Å². The van der Waals surface area contributed by atoms with Crippen LogP contribution in [0.4, 0.5) is 16.2 Å². The van der Waals surface area contributed by atoms with Gasteiger partial charge < -0.3 is 24.7 Å². The summed E-state index contributed by atoms with van der Waals surface area (Å²) in [6, 6.07) is 10.6. The average molecular weight is 384 g/mol. The molecule has 0 aliphatic carbocycles. The number of rotatable bonds is 5. The first-order chi connectivity index (χ1) is 13.6. The summed E-state index contributed by atoms with van der Waals surface area (Å²) in [7, 11) is 0. The fourth-order valence-electron chi connectivity index (χ4n) is 3.22. The second-order valence-corrected chi connectivity index (χ2v) is 6.52. The molecular weight excluding hydrogens is 364 g/mol. The smallest absolute Gasteiger partial charge is 0.414 e. The summed E-state index contributed by atoms with van der Waals surface area (Å²) < 4.78 is 10.5. The third kappa shape index (κ3) is 3.70. The number of H-pyrrole nitrogens is 1. The molecular formula is C19H20N4O5. The highest BCUT2D eigenvalue weighted by atomic mass is 16.6. The summed E-state index contributed by atoms with van der Waals surface area (Å²) in [5, 5.41) is 2.75. The fourth-order valence-corrected chi connectivity index (χ4v) is 3.22. The molecule has 1 atom stereocenters. The monoisotopic (exact) mass is 384 g/mol. The van der Waals surface area contributed by atoms with Gasteiger partial charge in [0.05, 0.1) is 19.7 Å². The number of cyclic esters (lactones) is 1. The Morgan fingerprint density at radius 3 is 2.57 bits per heavy atom. The van der Waals surface area contributed by atoms with Crippen molar-refractivity contribution in [3.63, 3.8) is 0 Å². The summed E-state index contributed by atoms with van der Waals surface area (Å²) in [6.07, 6.45) is 0.765. The van der Waals surface area contributed by atoms with Crippen LogP contribution in [0.1, 0.15) is 10.5 Å². The van der Waals surface area contributed by atoms with Crippen molar-refractivity contribution in [3.8, 4) is 0 Å². The normalized spacial score (nSPS) is 19.6. The summed E-state index contributed by atoms with van der Waals surface area (Å²) in [5.74, 6) is -0.337. The Labute approximate surface area is 161 Å². The predicted molar refractivity (Wildman–Crippen MR) is 100 cm³/mol. The van der Waals surface area contributed by atoms with Crippen LogP contribution in [0.3, 0.4) is 0 Å². The van der Waals surface area contributed by atoms with Gasteiger partial charge in [-0.1, -0.05) is 0 Å². The molecule has 28 heavy (non-hydrogen) atoms. The van der Waals surface area contributed by atoms with Crippen molar-refractivity contribution in [2.75, 3.05) is 42.6 Å². The van der Waals surface area contributed by atoms with E-state index in [2.05, 4.69) is 10.3 Å². The van der Waals surface area contributed by atoms with E-state index in [0.717, 1.165) is 5.69 Å². The molecule has 2 fully saturated rings. The number of aromatic amines is 1. The number of amides is 3. The van der Waals surface area contributed by atoms with Gasteiger partial charge in [0.2, 0.25) is 0 Å². The van der Waals surface area contributed by atoms with Gasteiger partial charge in [0.25, 0.3) is 11.8 Å². The minimum atomic E-state index is -0.464. The fraction of sp³-hybridized carbons (Fsp3) is 0.316. The molecule has 2 aliphatic heterocycles. The van der Waals surface area contributed by atoms with Crippen LogP contribution in [0.5, 0.6) is 0 Å². The zero-order valence-electron chi connectivity index (χ0n) is 15.1. The zero-order valence-corrected chi connectivity index (χ0v) is 15.1. The first kappa shape index (κ1) is 18.1. The van der Waals surface area contributed by atoms with Gasteiger partial charge in [-0.25, -0.2) is 4.79 Å². The van der Waals surface area contributed by atoms with Crippen LogP contribution in [-0.2, 0) is 14.3 Å². The van der Waals surface area contributed by atoms with Crippen LogP contribution in [0, 0.1) is 0 Å². The summed E-state index contributed by atoms with van der Waals surface area (Å²) in [4.78, 5) is 42.1. The van der Waals surface area contributed by atoms with E-state index in [4.69, 9.17) is 9.47 Å². The lowest BCUT2D eigenvalue weighted by Crippen LogP contribution is -2.41. The van der Waals surface area contributed by atoms with Crippen LogP contribution in [0.2, 0.25) is 0 Å². The molecule has 2 N–H and O–H groups in total. The van der Waals surface area contributed by atoms with E-state index in [1.54, 1.807) is 47.5 Å². The largest absolute Gasteiger partial charge is 0.442 e. The number of carbonyl (C=O) groups is 3. The maximum Gasteiger partial charge on any atom is 0.414 e. The number of hydrogen-bond donors (Lipinski definition) is 2. The summed E-state index contributed by atoms with van der Waals surface area (Å²) in [6.45, 7) is 1.64. The first-order valence-corrected chi connectivity index (χ1v) is 9.00. The highest BCUT2D eigenvalue weighted by molar-refractivity contribution is 5.96. The molecule has 4 rings (SSSR count). The second-order valence-electron chi connectivity index (χ2n) is 6.52. The minimum absolute atomic E-state index is 0.0795. The van der Waals surface area contributed by atoms with Crippen LogP contribution >= 0.6 is 0 Å². The van der Waals surface area contributed by atoms with E-state index in [9.17, 15) is 14.4 Å². The van der Waals surface area contributed by atoms with Gasteiger partial charge in [-0.05, 0) is 36.4 Å². The number of nitrogens with one attached hydrogen (secondary N) is 2. The van der Waals surface area contributed by atoms with Crippen molar-refractivity contribution in [1.82, 2.24) is 10.3 Å². The Kier molecular flexibility index (Phi) is 4.98. The predicted octanol–water partition coefficient (Wildman–Crippen LogP) is 1.13. The molecule has 0 saturated carbocycles. The molecule has 0 radical (unpaired) electrons. The number of nitrogens with zero attached hydrogens (tertiary/aromatic N) is 2. The quantitative estimate of drug-likeness (QED) is 0.804. The SMILES string of the molecule is O=C(NCC1CN(c2ccc(N3CCOCC3=O)cc2)C(=O)O1)c1ccc[nH]1. The Morgan fingerprint density at radius 1 is 1.14 bits per heavy atom. The van der Waals surface area contributed by atoms with E-state index in [1.165, 1.54) is 4.90 Å². The molecule has 1 aromatic carbocycles. The average Bonchev–Trinajstić information content (AvgIpc) is 3.37. The highest BCUT2D eigenvalue weighted by Crippen LogP contribution is 2.25. The zero-order chi connectivity index (χ0) is 19.5. The van der Waals surface area contributed by atoms with E-state index in [-0.39, 0.29) is 25.0 Å². The lowest BCUT2D eigenvalue weighted by Gasteiger charge is -2.27. The molecule has 146 valence electrons. The molecule has 0 bridgehead atoms. The van der Waals surface area contributed by atoms with E-state index in [1.807, 2.05) is 0 Å². The minimum Gasteiger partial charge on any atom is -0.442 e. The van der Waals surface area contributed by atoms with Gasteiger partial charge in [-0.3, -0.25) is 14.5 Å². The third-order valence-corrected chi connectivity index (χ3v) is 4.67. The Balaban J connectivity index is 1.36. The van der Waals surface area contributed by atoms with Crippen LogP contribution in [0.25, 0.3) is 0 Å². The molecule has 0 spiro atoms. The maximum absolute atomic E-state index is 12.2. The van der Waals surface area contributed by atoms with E-state index < -0.39 is 12.2 Å². The topological polar surface area (TPSA) is 104 Å². The van der Waals surface area contributed by atoms with Gasteiger partial charge in [0, 0.05) is 24.1 Å².